The first kappa shape index (κ1) is 15.7. The standard InChI is InChI=1S/C19H23NO3/c1-19(2,3)23-18(21)20-12-11-15(13-20)22-17-10-6-8-14-7-4-5-9-16(14)17/h4-10,15H,11-13H2,1-3H3/t15-/m1/s1. The lowest BCUT2D eigenvalue weighted by molar-refractivity contribution is 0.0276. The van der Waals surface area contributed by atoms with Crippen molar-refractivity contribution in [3.8, 4) is 5.75 Å². The van der Waals surface area contributed by atoms with Gasteiger partial charge in [0.05, 0.1) is 6.54 Å². The predicted molar refractivity (Wildman–Crippen MR) is 90.8 cm³/mol. The zero-order valence-electron chi connectivity index (χ0n) is 13.9. The summed E-state index contributed by atoms with van der Waals surface area (Å²) in [7, 11) is 0. The van der Waals surface area contributed by atoms with E-state index in [1.807, 2.05) is 45.0 Å². The van der Waals surface area contributed by atoms with Gasteiger partial charge in [0.2, 0.25) is 0 Å². The van der Waals surface area contributed by atoms with Crippen molar-refractivity contribution >= 4 is 16.9 Å². The van der Waals surface area contributed by atoms with Crippen molar-refractivity contribution in [1.82, 2.24) is 4.90 Å². The van der Waals surface area contributed by atoms with Crippen molar-refractivity contribution < 1.29 is 14.3 Å². The van der Waals surface area contributed by atoms with Gasteiger partial charge in [0.15, 0.2) is 0 Å². The second-order valence-corrected chi connectivity index (χ2v) is 6.93. The molecule has 23 heavy (non-hydrogen) atoms. The first-order valence-corrected chi connectivity index (χ1v) is 8.05. The Morgan fingerprint density at radius 3 is 2.65 bits per heavy atom. The fourth-order valence-corrected chi connectivity index (χ4v) is 2.79. The van der Waals surface area contributed by atoms with Crippen molar-refractivity contribution in [3.63, 3.8) is 0 Å². The third kappa shape index (κ3) is 3.76. The maximum absolute atomic E-state index is 12.1. The molecule has 4 nitrogen and oxygen atoms in total. The van der Waals surface area contributed by atoms with Crippen LogP contribution in [0.3, 0.4) is 0 Å². The highest BCUT2D eigenvalue weighted by Gasteiger charge is 2.31. The molecule has 3 rings (SSSR count). The highest BCUT2D eigenvalue weighted by atomic mass is 16.6. The van der Waals surface area contributed by atoms with Gasteiger partial charge in [-0.25, -0.2) is 4.79 Å². The average molecular weight is 313 g/mol. The molecule has 1 saturated heterocycles. The molecule has 2 aromatic carbocycles. The molecule has 1 atom stereocenters. The molecule has 0 aromatic heterocycles. The van der Waals surface area contributed by atoms with E-state index in [-0.39, 0.29) is 12.2 Å². The quantitative estimate of drug-likeness (QED) is 0.833. The van der Waals surface area contributed by atoms with Gasteiger partial charge in [-0.2, -0.15) is 0 Å². The van der Waals surface area contributed by atoms with E-state index in [1.54, 1.807) is 4.90 Å². The molecule has 1 aliphatic rings. The summed E-state index contributed by atoms with van der Waals surface area (Å²) in [6, 6.07) is 14.2. The van der Waals surface area contributed by atoms with Crippen molar-refractivity contribution in [1.29, 1.82) is 0 Å². The number of rotatable bonds is 2. The Morgan fingerprint density at radius 2 is 1.87 bits per heavy atom. The van der Waals surface area contributed by atoms with Gasteiger partial charge in [-0.3, -0.25) is 0 Å². The lowest BCUT2D eigenvalue weighted by Crippen LogP contribution is -2.36. The number of ether oxygens (including phenoxy) is 2. The van der Waals surface area contributed by atoms with E-state index in [0.717, 1.165) is 22.9 Å². The Kier molecular flexibility index (Phi) is 4.16. The summed E-state index contributed by atoms with van der Waals surface area (Å²) >= 11 is 0. The van der Waals surface area contributed by atoms with Crippen LogP contribution in [-0.4, -0.2) is 35.8 Å². The average Bonchev–Trinajstić information content (AvgIpc) is 2.95. The van der Waals surface area contributed by atoms with E-state index in [2.05, 4.69) is 18.2 Å². The zero-order chi connectivity index (χ0) is 16.4. The Labute approximate surface area is 137 Å². The summed E-state index contributed by atoms with van der Waals surface area (Å²) in [5.74, 6) is 0.874. The van der Waals surface area contributed by atoms with Crippen LogP contribution in [0.1, 0.15) is 27.2 Å². The van der Waals surface area contributed by atoms with E-state index < -0.39 is 5.60 Å². The molecule has 0 N–H and O–H groups in total. The summed E-state index contributed by atoms with van der Waals surface area (Å²) in [6.45, 7) is 6.88. The van der Waals surface area contributed by atoms with Crippen LogP contribution < -0.4 is 4.74 Å². The van der Waals surface area contributed by atoms with Crippen molar-refractivity contribution in [2.24, 2.45) is 0 Å². The molecule has 0 bridgehead atoms. The summed E-state index contributed by atoms with van der Waals surface area (Å²) in [5.41, 5.74) is -0.467. The number of likely N-dealkylation sites (tertiary alicyclic amines) is 1. The molecule has 4 heteroatoms. The maximum Gasteiger partial charge on any atom is 0.410 e. The lowest BCUT2D eigenvalue weighted by atomic mass is 10.1. The largest absolute Gasteiger partial charge is 0.488 e. The number of hydrogen-bond acceptors (Lipinski definition) is 3. The second kappa shape index (κ2) is 6.11. The molecule has 0 aliphatic carbocycles. The third-order valence-corrected chi connectivity index (χ3v) is 3.84. The first-order chi connectivity index (χ1) is 10.9. The van der Waals surface area contributed by atoms with Gasteiger partial charge in [-0.05, 0) is 32.2 Å². The number of benzene rings is 2. The SMILES string of the molecule is CC(C)(C)OC(=O)N1CC[C@@H](Oc2cccc3ccccc23)C1. The minimum absolute atomic E-state index is 0.00771. The van der Waals surface area contributed by atoms with Gasteiger partial charge in [0, 0.05) is 18.4 Å². The number of nitrogens with zero attached hydrogens (tertiary/aromatic N) is 1. The second-order valence-electron chi connectivity index (χ2n) is 6.93. The number of amides is 1. The van der Waals surface area contributed by atoms with E-state index in [0.29, 0.717) is 13.1 Å². The number of hydrogen-bond donors (Lipinski definition) is 0. The topological polar surface area (TPSA) is 38.8 Å². The highest BCUT2D eigenvalue weighted by molar-refractivity contribution is 5.88. The molecule has 0 radical (unpaired) electrons. The molecule has 122 valence electrons. The highest BCUT2D eigenvalue weighted by Crippen LogP contribution is 2.28. The van der Waals surface area contributed by atoms with Crippen LogP contribution in [0.15, 0.2) is 42.5 Å². The Morgan fingerprint density at radius 1 is 1.13 bits per heavy atom. The maximum atomic E-state index is 12.1. The van der Waals surface area contributed by atoms with Gasteiger partial charge >= 0.3 is 6.09 Å². The van der Waals surface area contributed by atoms with Gasteiger partial charge in [-0.1, -0.05) is 36.4 Å². The van der Waals surface area contributed by atoms with Crippen LogP contribution in [0.5, 0.6) is 5.75 Å². The first-order valence-electron chi connectivity index (χ1n) is 8.05. The van der Waals surface area contributed by atoms with Crippen molar-refractivity contribution in [2.75, 3.05) is 13.1 Å². The number of carbonyl (C=O) groups excluding carboxylic acids is 1. The molecular formula is C19H23NO3. The van der Waals surface area contributed by atoms with E-state index in [4.69, 9.17) is 9.47 Å². The molecule has 0 unspecified atom stereocenters. The minimum Gasteiger partial charge on any atom is -0.488 e. The van der Waals surface area contributed by atoms with Crippen LogP contribution in [0.2, 0.25) is 0 Å². The monoisotopic (exact) mass is 313 g/mol. The van der Waals surface area contributed by atoms with Crippen LogP contribution in [0, 0.1) is 0 Å². The van der Waals surface area contributed by atoms with Crippen LogP contribution >= 0.6 is 0 Å². The molecule has 0 spiro atoms. The Bertz CT molecular complexity index is 700. The normalized spacial score (nSPS) is 18.2. The van der Waals surface area contributed by atoms with Crippen LogP contribution in [-0.2, 0) is 4.74 Å². The molecular weight excluding hydrogens is 290 g/mol. The van der Waals surface area contributed by atoms with Crippen molar-refractivity contribution in [2.45, 2.75) is 38.9 Å². The predicted octanol–water partition coefficient (Wildman–Crippen LogP) is 4.23. The van der Waals surface area contributed by atoms with E-state index >= 15 is 0 Å². The van der Waals surface area contributed by atoms with Crippen molar-refractivity contribution in [3.05, 3.63) is 42.5 Å². The third-order valence-electron chi connectivity index (χ3n) is 3.84. The molecule has 2 aromatic rings. The fourth-order valence-electron chi connectivity index (χ4n) is 2.79. The molecule has 1 heterocycles. The van der Waals surface area contributed by atoms with Crippen LogP contribution in [0.4, 0.5) is 4.79 Å². The number of carbonyl (C=O) groups is 1. The van der Waals surface area contributed by atoms with Gasteiger partial charge in [-0.15, -0.1) is 0 Å². The molecule has 1 amide bonds. The van der Waals surface area contributed by atoms with Gasteiger partial charge in [0.1, 0.15) is 17.5 Å². The van der Waals surface area contributed by atoms with E-state index in [1.165, 1.54) is 0 Å². The Balaban J connectivity index is 1.67. The summed E-state index contributed by atoms with van der Waals surface area (Å²) in [6.07, 6.45) is 0.567. The van der Waals surface area contributed by atoms with Gasteiger partial charge in [0.25, 0.3) is 0 Å². The smallest absolute Gasteiger partial charge is 0.410 e. The zero-order valence-corrected chi connectivity index (χ0v) is 13.9. The Hall–Kier alpha value is -2.23. The number of fused-ring (bicyclic) bond motifs is 1. The van der Waals surface area contributed by atoms with E-state index in [9.17, 15) is 4.79 Å². The summed E-state index contributed by atoms with van der Waals surface area (Å²) < 4.78 is 11.6. The molecule has 0 saturated carbocycles. The fraction of sp³-hybridized carbons (Fsp3) is 0.421. The molecule has 1 aliphatic heterocycles. The molecule has 1 fully saturated rings. The minimum atomic E-state index is -0.467. The van der Waals surface area contributed by atoms with Gasteiger partial charge < -0.3 is 14.4 Å². The summed E-state index contributed by atoms with van der Waals surface area (Å²) in [5, 5.41) is 2.26. The summed E-state index contributed by atoms with van der Waals surface area (Å²) in [4.78, 5) is 13.8. The lowest BCUT2D eigenvalue weighted by Gasteiger charge is -2.24. The van der Waals surface area contributed by atoms with Crippen LogP contribution in [0.25, 0.3) is 10.8 Å².